The zero-order chi connectivity index (χ0) is 96.2. The molecule has 0 spiro atoms. The van der Waals surface area contributed by atoms with Crippen molar-refractivity contribution in [2.45, 2.75) is 253 Å². The molecule has 2 N–H and O–H groups in total. The number of alkyl halides is 3. The third kappa shape index (κ3) is 51.1. The number of hydrogen-bond donors (Lipinski definition) is 2. The smallest absolute Gasteiger partial charge is 0.417 e. The molecule has 124 heavy (non-hydrogen) atoms. The van der Waals surface area contributed by atoms with Crippen molar-refractivity contribution < 1.29 is 83.5 Å². The van der Waals surface area contributed by atoms with Crippen LogP contribution in [0.2, 0.25) is 5.02 Å². The van der Waals surface area contributed by atoms with Crippen molar-refractivity contribution in [1.29, 1.82) is 0 Å². The Balaban J connectivity index is 0.00000138. The first-order valence-electron chi connectivity index (χ1n) is 40.3. The van der Waals surface area contributed by atoms with Crippen molar-refractivity contribution in [3.8, 4) is 11.6 Å². The highest BCUT2D eigenvalue weighted by molar-refractivity contribution is 7.91. The number of methoxy groups -OCH3 is 1. The number of fused-ring (bicyclic) bond motifs is 1. The standard InChI is InChI=1S/C14H17NO.C13H14F4O.C13H14N2.C12H14ClFO.C11H13NO.C11H16O2S.C10H14N2O3.C7H16O2.C7H14O2/c1-10-11-7-5-6-8-12(11)13(16)15(10)9-14(2,3)4;1-12(2,3)7-11(18)9-5-4-8(14)6-10(9)13(15,16)17;1-13(2,3)9-10-6-7-11(14-4)12(8-10)15-5;1-12(2,3)7-11(15)9-5-4-8(14)6-10(9)13;1-11(2,3)13-10-7-5-9(12-4)6-8-10;1-11(2,3)9-14(12,13)10-7-5-4-6-8-10;1-10(2,3)15-8-6-11-7(5-12-8)9(13)14-4;1-7(2,3)9-6-4-5-8;1-7(2,3)5-4-6(8)9/h5-8H,1,9H2,2-4H3;4-6H,7H2,1-3H3;6-8H,9H2,1-3H3;4-6H,7H2,1-3H3;5-8H,1-3H3;4-8H,9H2,1-3H3;5-6H,1-4H3;8H,4-6H2,1-3H3;4-5H2,1-3H3,(H,8,9). The maximum absolute atomic E-state index is 12.9. The minimum absolute atomic E-state index is 0.0261. The van der Waals surface area contributed by atoms with E-state index in [1.54, 1.807) is 68.1 Å². The summed E-state index contributed by atoms with van der Waals surface area (Å²) in [7, 11) is -1.82. The van der Waals surface area contributed by atoms with Gasteiger partial charge in [0, 0.05) is 67.0 Å². The molecule has 1 amide bonds. The molecule has 0 fully saturated rings. The third-order valence-electron chi connectivity index (χ3n) is 15.4. The van der Waals surface area contributed by atoms with Gasteiger partial charge in [-0.15, -0.1) is 0 Å². The van der Waals surface area contributed by atoms with E-state index in [9.17, 15) is 54.3 Å². The van der Waals surface area contributed by atoms with Crippen LogP contribution in [0, 0.1) is 63.8 Å². The third-order valence-corrected chi connectivity index (χ3v) is 17.9. The van der Waals surface area contributed by atoms with Gasteiger partial charge in [-0.05, 0) is 181 Å². The van der Waals surface area contributed by atoms with Crippen LogP contribution in [-0.2, 0) is 36.7 Å². The number of benzene rings is 6. The van der Waals surface area contributed by atoms with Crippen LogP contribution in [0.4, 0.5) is 39.0 Å². The van der Waals surface area contributed by atoms with E-state index in [0.29, 0.717) is 59.0 Å². The van der Waals surface area contributed by atoms with Gasteiger partial charge in [-0.25, -0.2) is 36.8 Å². The molecular weight excluding hydrogens is 1630 g/mol. The first-order chi connectivity index (χ1) is 56.4. The van der Waals surface area contributed by atoms with Gasteiger partial charge in [0.25, 0.3) is 5.91 Å². The number of aliphatic hydroxyl groups excluding tert-OH is 1. The van der Waals surface area contributed by atoms with E-state index in [1.165, 1.54) is 31.6 Å². The number of amides is 1. The van der Waals surface area contributed by atoms with Crippen LogP contribution in [0.15, 0.2) is 157 Å². The van der Waals surface area contributed by atoms with Crippen LogP contribution < -0.4 is 9.47 Å². The molecule has 0 saturated heterocycles. The van der Waals surface area contributed by atoms with Crippen molar-refractivity contribution in [3.63, 3.8) is 0 Å². The largest absolute Gasteiger partial charge is 0.488 e. The number of sulfone groups is 1. The van der Waals surface area contributed by atoms with E-state index < -0.39 is 61.9 Å². The van der Waals surface area contributed by atoms with Crippen LogP contribution in [0.5, 0.6) is 11.6 Å². The van der Waals surface area contributed by atoms with Crippen LogP contribution in [0.1, 0.15) is 277 Å². The Bertz CT molecular complexity index is 4780. The summed E-state index contributed by atoms with van der Waals surface area (Å²) in [6.07, 6.45) is 1.06. The number of aliphatic hydroxyl groups is 1. The normalized spacial score (nSPS) is 12.1. The van der Waals surface area contributed by atoms with Crippen LogP contribution in [0.3, 0.4) is 0 Å². The highest BCUT2D eigenvalue weighted by atomic mass is 35.5. The van der Waals surface area contributed by atoms with Gasteiger partial charge in [-0.1, -0.05) is 215 Å². The number of ether oxygens (including phenoxy) is 4. The van der Waals surface area contributed by atoms with E-state index in [2.05, 4.69) is 77.4 Å². The predicted octanol–water partition coefficient (Wildman–Crippen LogP) is 26.5. The Morgan fingerprint density at radius 2 is 1.06 bits per heavy atom. The Hall–Kier alpha value is -10.2. The lowest BCUT2D eigenvalue weighted by molar-refractivity contribution is -0.138. The predicted molar refractivity (Wildman–Crippen MR) is 486 cm³/mol. The van der Waals surface area contributed by atoms with Gasteiger partial charge in [0.2, 0.25) is 5.88 Å². The SMILES string of the molecule is C=C1c2ccccc2C(=O)N1CC(C)(C)C.CC(C)(C)CC(=O)c1ccc(F)cc1C(F)(F)F.CC(C)(C)CC(=O)c1ccc(F)cc1Cl.CC(C)(C)CCC(=O)O.CC(C)(C)CS(=O)(=O)c1ccccc1.CC(C)(C)OCCCO.COC(=O)c1cnc(OC(C)(C)C)cn1.[C-]#[N+]c1ccc(CC(C)(C)C)cc1[N+]#[C-].[C-]#[N+]c1ccc(OC(C)(C)C)cc1. The molecule has 6 aromatic carbocycles. The number of aromatic nitrogens is 2. The van der Waals surface area contributed by atoms with E-state index in [-0.39, 0.29) is 91.5 Å². The van der Waals surface area contributed by atoms with Gasteiger partial charge in [-0.2, -0.15) is 13.2 Å². The summed E-state index contributed by atoms with van der Waals surface area (Å²) in [5.74, 6) is -1.87. The molecule has 8 rings (SSSR count). The number of carbonyl (C=O) groups is 5. The molecule has 19 nitrogen and oxygen atoms in total. The summed E-state index contributed by atoms with van der Waals surface area (Å²) >= 11 is 5.79. The summed E-state index contributed by atoms with van der Waals surface area (Å²) in [5.41, 5.74) is 3.29. The van der Waals surface area contributed by atoms with E-state index in [1.807, 2.05) is 179 Å². The van der Waals surface area contributed by atoms with Gasteiger partial charge in [-0.3, -0.25) is 28.9 Å². The Morgan fingerprint density at radius 1 is 0.556 bits per heavy atom. The van der Waals surface area contributed by atoms with Crippen molar-refractivity contribution >= 4 is 73.6 Å². The lowest BCUT2D eigenvalue weighted by atomic mass is 9.86. The average molecular weight is 1760 g/mol. The van der Waals surface area contributed by atoms with E-state index in [0.717, 1.165) is 65.6 Å². The van der Waals surface area contributed by atoms with Gasteiger partial charge < -0.3 is 34.1 Å². The molecule has 7 aromatic rings. The molecule has 0 bridgehead atoms. The molecule has 1 aliphatic rings. The highest BCUT2D eigenvalue weighted by Crippen LogP contribution is 2.37. The van der Waals surface area contributed by atoms with Crippen molar-refractivity contribution in [1.82, 2.24) is 14.9 Å². The van der Waals surface area contributed by atoms with Gasteiger partial charge in [0.05, 0.1) is 66.1 Å². The van der Waals surface area contributed by atoms with Crippen LogP contribution in [-0.4, -0.2) is 112 Å². The molecule has 1 aromatic heterocycles. The number of ketones is 2. The molecule has 0 aliphatic carbocycles. The second kappa shape index (κ2) is 50.1. The second-order valence-corrected chi connectivity index (χ2v) is 41.6. The van der Waals surface area contributed by atoms with Crippen molar-refractivity contribution in [3.05, 3.63) is 242 Å². The second-order valence-electron chi connectivity index (χ2n) is 39.3. The fourth-order valence-corrected chi connectivity index (χ4v) is 12.5. The molecular formula is C98H132ClF5N6O13S. The number of Topliss-reactive ketones (excluding diaryl/α,β-unsaturated/α-hetero) is 2. The molecule has 0 radical (unpaired) electrons. The summed E-state index contributed by atoms with van der Waals surface area (Å²) in [4.78, 5) is 76.8. The summed E-state index contributed by atoms with van der Waals surface area (Å²) < 4.78 is 108. The number of hydrogen-bond acceptors (Lipinski definition) is 14. The zero-order valence-corrected chi connectivity index (χ0v) is 79.5. The van der Waals surface area contributed by atoms with E-state index in [4.69, 9.17) is 55.7 Å². The fraction of sp³-hybridized carbons (Fsp3) is 0.490. The number of carbonyl (C=O) groups excluding carboxylic acids is 4. The van der Waals surface area contributed by atoms with Gasteiger partial charge in [0.15, 0.2) is 44.2 Å². The highest BCUT2D eigenvalue weighted by Gasteiger charge is 2.37. The van der Waals surface area contributed by atoms with Crippen LogP contribution >= 0.6 is 11.6 Å². The number of rotatable bonds is 16. The lowest BCUT2D eigenvalue weighted by Gasteiger charge is -2.27. The van der Waals surface area contributed by atoms with Crippen molar-refractivity contribution in [2.24, 2.45) is 32.5 Å². The molecule has 680 valence electrons. The molecule has 0 saturated carbocycles. The fourth-order valence-electron chi connectivity index (χ4n) is 10.4. The first-order valence-corrected chi connectivity index (χ1v) is 42.3. The van der Waals surface area contributed by atoms with Gasteiger partial charge >= 0.3 is 18.1 Å². The molecule has 2 heterocycles. The number of carboxylic acids is 1. The molecule has 0 atom stereocenters. The molecule has 26 heteroatoms. The Labute approximate surface area is 740 Å². The number of halogens is 6. The summed E-state index contributed by atoms with van der Waals surface area (Å²) in [5, 5.41) is 16.8. The lowest BCUT2D eigenvalue weighted by Crippen LogP contribution is -2.32. The number of carboxylic acid groups (broad SMARTS) is 1. The first kappa shape index (κ1) is 114. The topological polar surface area (TPSA) is 239 Å². The molecule has 1 aliphatic heterocycles. The maximum atomic E-state index is 12.9. The van der Waals surface area contributed by atoms with E-state index >= 15 is 0 Å². The molecule has 0 unspecified atom stereocenters. The Morgan fingerprint density at radius 3 is 1.45 bits per heavy atom. The number of aliphatic carboxylic acids is 1. The van der Waals surface area contributed by atoms with Gasteiger partial charge in [0.1, 0.15) is 28.6 Å². The zero-order valence-electron chi connectivity index (χ0n) is 77.9. The maximum Gasteiger partial charge on any atom is 0.417 e. The Kier molecular flexibility index (Phi) is 45.9. The summed E-state index contributed by atoms with van der Waals surface area (Å²) in [6.45, 7) is 79.9. The quantitative estimate of drug-likeness (QED) is 0.0301. The van der Waals surface area contributed by atoms with Crippen molar-refractivity contribution in [2.75, 3.05) is 32.6 Å². The minimum atomic E-state index is -4.73. The van der Waals surface area contributed by atoms with Crippen LogP contribution in [0.25, 0.3) is 20.2 Å². The number of nitrogens with zero attached hydrogens (tertiary/aromatic N) is 6. The number of esters is 1. The monoisotopic (exact) mass is 1760 g/mol. The average Bonchev–Trinajstić information content (AvgIpc) is 1.69. The summed E-state index contributed by atoms with van der Waals surface area (Å²) in [6, 6.07) is 34.9. The minimum Gasteiger partial charge on any atom is -0.488 e.